The second kappa shape index (κ2) is 3.88. The molecular weight excluding hydrogens is 257 g/mol. The van der Waals surface area contributed by atoms with Crippen LogP contribution in [0.3, 0.4) is 0 Å². The van der Waals surface area contributed by atoms with Crippen molar-refractivity contribution >= 4 is 5.65 Å². The van der Waals surface area contributed by atoms with Crippen LogP contribution < -0.4 is 0 Å². The number of nitrogens with zero attached hydrogens (tertiary/aromatic N) is 2. The van der Waals surface area contributed by atoms with E-state index in [1.807, 2.05) is 0 Å². The zero-order valence-electron chi connectivity index (χ0n) is 9.90. The van der Waals surface area contributed by atoms with Crippen LogP contribution in [0.25, 0.3) is 16.8 Å². The predicted octanol–water partition coefficient (Wildman–Crippen LogP) is 3.92. The first kappa shape index (κ1) is 11.8. The summed E-state index contributed by atoms with van der Waals surface area (Å²) in [7, 11) is 0. The van der Waals surface area contributed by atoms with Gasteiger partial charge in [0.1, 0.15) is 5.65 Å². The van der Waals surface area contributed by atoms with E-state index >= 15 is 0 Å². The van der Waals surface area contributed by atoms with E-state index < -0.39 is 11.7 Å². The molecule has 98 valence electrons. The van der Waals surface area contributed by atoms with Crippen LogP contribution in [0, 0.1) is 6.92 Å². The van der Waals surface area contributed by atoms with Crippen molar-refractivity contribution in [3.05, 3.63) is 48.3 Å². The Balaban J connectivity index is 2.32. The molecule has 0 amide bonds. The minimum atomic E-state index is -4.45. The van der Waals surface area contributed by atoms with Crippen LogP contribution in [0.4, 0.5) is 13.2 Å². The van der Waals surface area contributed by atoms with Gasteiger partial charge in [-0.2, -0.15) is 13.2 Å². The number of rotatable bonds is 1. The van der Waals surface area contributed by atoms with Crippen LogP contribution in [0.15, 0.2) is 41.5 Å². The Labute approximate surface area is 106 Å². The van der Waals surface area contributed by atoms with E-state index in [2.05, 4.69) is 4.98 Å². The Morgan fingerprint density at radius 3 is 2.63 bits per heavy atom. The monoisotopic (exact) mass is 266 g/mol. The minimum absolute atomic E-state index is 0.0859. The number of pyridine rings is 1. The summed E-state index contributed by atoms with van der Waals surface area (Å²) in [4.78, 5) is 3.92. The molecule has 0 bridgehead atoms. The van der Waals surface area contributed by atoms with Gasteiger partial charge in [-0.05, 0) is 19.1 Å². The van der Waals surface area contributed by atoms with E-state index in [9.17, 15) is 13.2 Å². The van der Waals surface area contributed by atoms with Gasteiger partial charge in [0.15, 0.2) is 0 Å². The van der Waals surface area contributed by atoms with Gasteiger partial charge in [-0.1, -0.05) is 0 Å². The average molecular weight is 266 g/mol. The molecule has 0 aliphatic heterocycles. The highest BCUT2D eigenvalue weighted by molar-refractivity contribution is 5.66. The van der Waals surface area contributed by atoms with E-state index in [4.69, 9.17) is 4.42 Å². The number of fused-ring (bicyclic) bond motifs is 1. The lowest BCUT2D eigenvalue weighted by atomic mass is 10.1. The topological polar surface area (TPSA) is 30.4 Å². The fourth-order valence-electron chi connectivity index (χ4n) is 2.02. The Morgan fingerprint density at radius 1 is 1.21 bits per heavy atom. The lowest BCUT2D eigenvalue weighted by molar-refractivity contribution is -0.136. The molecule has 0 aliphatic rings. The van der Waals surface area contributed by atoms with Crippen LogP contribution in [0.1, 0.15) is 11.3 Å². The summed E-state index contributed by atoms with van der Waals surface area (Å²) in [5, 5.41) is 0. The highest BCUT2D eigenvalue weighted by Crippen LogP contribution is 2.35. The Morgan fingerprint density at radius 2 is 2.00 bits per heavy atom. The number of aryl methyl sites for hydroxylation is 1. The molecule has 6 heteroatoms. The van der Waals surface area contributed by atoms with Gasteiger partial charge in [-0.3, -0.25) is 0 Å². The summed E-state index contributed by atoms with van der Waals surface area (Å²) in [6.07, 6.45) is 1.55. The van der Waals surface area contributed by atoms with Gasteiger partial charge >= 0.3 is 6.18 Å². The first-order valence-corrected chi connectivity index (χ1v) is 5.54. The fourth-order valence-corrected chi connectivity index (χ4v) is 2.02. The number of halogens is 3. The quantitative estimate of drug-likeness (QED) is 0.668. The maximum atomic E-state index is 13.1. The molecule has 19 heavy (non-hydrogen) atoms. The largest absolute Gasteiger partial charge is 0.472 e. The van der Waals surface area contributed by atoms with E-state index in [-0.39, 0.29) is 5.65 Å². The number of hydrogen-bond donors (Lipinski definition) is 0. The van der Waals surface area contributed by atoms with Crippen molar-refractivity contribution in [3.8, 4) is 11.1 Å². The molecule has 3 aromatic heterocycles. The Bertz CT molecular complexity index is 726. The average Bonchev–Trinajstić information content (AvgIpc) is 2.92. The zero-order chi connectivity index (χ0) is 13.6. The van der Waals surface area contributed by atoms with Gasteiger partial charge in [-0.25, -0.2) is 4.98 Å². The lowest BCUT2D eigenvalue weighted by Crippen LogP contribution is -2.08. The van der Waals surface area contributed by atoms with Gasteiger partial charge in [0.2, 0.25) is 0 Å². The second-order valence-corrected chi connectivity index (χ2v) is 4.27. The summed E-state index contributed by atoms with van der Waals surface area (Å²) in [6, 6.07) is 2.71. The van der Waals surface area contributed by atoms with Crippen molar-refractivity contribution in [2.75, 3.05) is 0 Å². The molecule has 0 fully saturated rings. The highest BCUT2D eigenvalue weighted by Gasteiger charge is 2.34. The maximum Gasteiger partial charge on any atom is 0.420 e. The number of aromatic nitrogens is 2. The molecular formula is C13H9F3N2O. The molecule has 0 radical (unpaired) electrons. The summed E-state index contributed by atoms with van der Waals surface area (Å²) in [6.45, 7) is 1.66. The summed E-state index contributed by atoms with van der Waals surface area (Å²) in [5.74, 6) is 0. The minimum Gasteiger partial charge on any atom is -0.472 e. The molecule has 0 atom stereocenters. The molecule has 3 heterocycles. The second-order valence-electron chi connectivity index (χ2n) is 4.27. The van der Waals surface area contributed by atoms with E-state index in [1.165, 1.54) is 16.9 Å². The van der Waals surface area contributed by atoms with Crippen molar-refractivity contribution in [2.45, 2.75) is 13.1 Å². The van der Waals surface area contributed by atoms with Crippen LogP contribution in [-0.4, -0.2) is 9.38 Å². The predicted molar refractivity (Wildman–Crippen MR) is 62.6 cm³/mol. The van der Waals surface area contributed by atoms with Gasteiger partial charge in [0.25, 0.3) is 0 Å². The first-order valence-electron chi connectivity index (χ1n) is 5.54. The third kappa shape index (κ3) is 1.99. The van der Waals surface area contributed by atoms with Crippen LogP contribution in [0.5, 0.6) is 0 Å². The zero-order valence-corrected chi connectivity index (χ0v) is 9.90. The van der Waals surface area contributed by atoms with Crippen LogP contribution >= 0.6 is 0 Å². The number of furan rings is 1. The molecule has 0 unspecified atom stereocenters. The van der Waals surface area contributed by atoms with Crippen LogP contribution in [-0.2, 0) is 6.18 Å². The third-order valence-electron chi connectivity index (χ3n) is 2.83. The Kier molecular flexibility index (Phi) is 2.41. The molecule has 3 nitrogen and oxygen atoms in total. The normalized spacial score (nSPS) is 12.2. The van der Waals surface area contributed by atoms with Crippen molar-refractivity contribution < 1.29 is 17.6 Å². The lowest BCUT2D eigenvalue weighted by Gasteiger charge is -2.10. The fraction of sp³-hybridized carbons (Fsp3) is 0.154. The summed E-state index contributed by atoms with van der Waals surface area (Å²) < 4.78 is 45.5. The first-order chi connectivity index (χ1) is 8.95. The van der Waals surface area contributed by atoms with Gasteiger partial charge < -0.3 is 8.82 Å². The summed E-state index contributed by atoms with van der Waals surface area (Å²) >= 11 is 0. The van der Waals surface area contributed by atoms with Gasteiger partial charge in [-0.15, -0.1) is 0 Å². The van der Waals surface area contributed by atoms with E-state index in [0.29, 0.717) is 16.8 Å². The van der Waals surface area contributed by atoms with Crippen molar-refractivity contribution in [2.24, 2.45) is 0 Å². The molecule has 0 spiro atoms. The van der Waals surface area contributed by atoms with Crippen LogP contribution in [0.2, 0.25) is 0 Å². The third-order valence-corrected chi connectivity index (χ3v) is 2.83. The maximum absolute atomic E-state index is 13.1. The SMILES string of the molecule is Cc1cn2cc(-c3ccoc3)cc(C(F)(F)F)c2n1. The van der Waals surface area contributed by atoms with E-state index in [0.717, 1.165) is 6.07 Å². The highest BCUT2D eigenvalue weighted by atomic mass is 19.4. The number of hydrogen-bond acceptors (Lipinski definition) is 2. The molecule has 0 saturated carbocycles. The Hall–Kier alpha value is -2.24. The smallest absolute Gasteiger partial charge is 0.420 e. The summed E-state index contributed by atoms with van der Waals surface area (Å²) in [5.41, 5.74) is 0.733. The molecule has 0 aromatic carbocycles. The molecule has 0 saturated heterocycles. The van der Waals surface area contributed by atoms with Crippen molar-refractivity contribution in [1.29, 1.82) is 0 Å². The molecule has 3 aromatic rings. The van der Waals surface area contributed by atoms with Crippen molar-refractivity contribution in [1.82, 2.24) is 9.38 Å². The standard InChI is InChI=1S/C13H9F3N2O/c1-8-5-18-6-10(9-2-3-19-7-9)4-11(12(18)17-8)13(14,15)16/h2-7H,1H3. The molecule has 0 aliphatic carbocycles. The number of imidazole rings is 1. The molecule has 3 rings (SSSR count). The van der Waals surface area contributed by atoms with E-state index in [1.54, 1.807) is 25.4 Å². The number of alkyl halides is 3. The van der Waals surface area contributed by atoms with Crippen molar-refractivity contribution in [3.63, 3.8) is 0 Å². The van der Waals surface area contributed by atoms with Gasteiger partial charge in [0.05, 0.1) is 23.8 Å². The van der Waals surface area contributed by atoms with Gasteiger partial charge in [0, 0.05) is 23.5 Å². The molecule has 0 N–H and O–H groups in total.